The minimum Gasteiger partial charge on any atom is -0.429 e. The predicted octanol–water partition coefficient (Wildman–Crippen LogP) is 2.71. The molecular weight excluding hydrogens is 250 g/mol. The maximum absolute atomic E-state index is 12.1. The van der Waals surface area contributed by atoms with Crippen molar-refractivity contribution in [2.75, 3.05) is 13.7 Å². The van der Waals surface area contributed by atoms with Crippen LogP contribution in [0.15, 0.2) is 0 Å². The van der Waals surface area contributed by atoms with Crippen molar-refractivity contribution in [1.82, 2.24) is 0 Å². The Hall–Kier alpha value is -0.820. The fourth-order valence-corrected chi connectivity index (χ4v) is 0.883. The van der Waals surface area contributed by atoms with Gasteiger partial charge in [-0.1, -0.05) is 0 Å². The molecule has 0 aliphatic rings. The summed E-state index contributed by atoms with van der Waals surface area (Å²) in [6.45, 7) is -2.19. The molecule has 0 aromatic carbocycles. The third-order valence-corrected chi connectivity index (χ3v) is 1.95. The summed E-state index contributed by atoms with van der Waals surface area (Å²) in [4.78, 5) is 10.3. The normalized spacial score (nSPS) is 13.6. The molecule has 0 fully saturated rings. The van der Waals surface area contributed by atoms with Crippen molar-refractivity contribution in [2.24, 2.45) is 0 Å². The minimum atomic E-state index is -5.82. The van der Waals surface area contributed by atoms with Crippen LogP contribution >= 0.6 is 8.03 Å². The van der Waals surface area contributed by atoms with Crippen LogP contribution in [0.1, 0.15) is 0 Å². The van der Waals surface area contributed by atoms with Gasteiger partial charge >= 0.3 is 25.8 Å². The van der Waals surface area contributed by atoms with Crippen LogP contribution < -0.4 is 0 Å². The van der Waals surface area contributed by atoms with Crippen LogP contribution in [0, 0.1) is 0 Å². The topological polar surface area (TPSA) is 52.6 Å². The number of carbonyl (C=O) groups is 1. The summed E-state index contributed by atoms with van der Waals surface area (Å²) < 4.78 is 76.7. The Morgan fingerprint density at radius 2 is 1.73 bits per heavy atom. The Labute approximate surface area is 81.2 Å². The summed E-state index contributed by atoms with van der Waals surface area (Å²) in [6.07, 6.45) is -5.82. The Balaban J connectivity index is 4.28. The molecule has 4 nitrogen and oxygen atoms in total. The first-order valence-corrected chi connectivity index (χ1v) is 4.42. The van der Waals surface area contributed by atoms with Crippen LogP contribution in [0.5, 0.6) is 0 Å². The maximum atomic E-state index is 12.1. The van der Waals surface area contributed by atoms with Gasteiger partial charge in [0.15, 0.2) is 6.61 Å². The second-order valence-corrected chi connectivity index (χ2v) is 3.34. The average molecular weight is 255 g/mol. The summed E-state index contributed by atoms with van der Waals surface area (Å²) >= 11 is 0. The van der Waals surface area contributed by atoms with Gasteiger partial charge in [0.1, 0.15) is 0 Å². The van der Waals surface area contributed by atoms with Crippen molar-refractivity contribution >= 4 is 13.7 Å². The Morgan fingerprint density at radius 3 is 2.07 bits per heavy atom. The van der Waals surface area contributed by atoms with E-state index in [-0.39, 0.29) is 0 Å². The van der Waals surface area contributed by atoms with Crippen molar-refractivity contribution in [2.45, 2.75) is 12.1 Å². The molecule has 0 N–H and O–H groups in total. The number of methoxy groups -OCH3 is 1. The van der Waals surface area contributed by atoms with Crippen LogP contribution in [-0.4, -0.2) is 31.5 Å². The van der Waals surface area contributed by atoms with Crippen LogP contribution in [0.3, 0.4) is 0 Å². The van der Waals surface area contributed by atoms with Crippen molar-refractivity contribution in [3.05, 3.63) is 0 Å². The highest BCUT2D eigenvalue weighted by molar-refractivity contribution is 7.58. The van der Waals surface area contributed by atoms with Crippen molar-refractivity contribution < 1.29 is 40.6 Å². The third kappa shape index (κ3) is 4.05. The molecule has 15 heavy (non-hydrogen) atoms. The van der Waals surface area contributed by atoms with Gasteiger partial charge in [-0.15, -0.1) is 4.52 Å². The van der Waals surface area contributed by atoms with Crippen LogP contribution in [-0.2, 0) is 13.8 Å². The van der Waals surface area contributed by atoms with E-state index >= 15 is 0 Å². The first-order valence-electron chi connectivity index (χ1n) is 3.24. The zero-order chi connectivity index (χ0) is 12.3. The van der Waals surface area contributed by atoms with E-state index in [1.54, 1.807) is 0 Å². The van der Waals surface area contributed by atoms with Gasteiger partial charge in [0.25, 0.3) is 0 Å². The standard InChI is InChI=1S/C5H5F5O4P/c1-13-3(11)15(12)14-2-4(6,7)5(8,9)10/h2H2,1H3/q+1. The molecule has 10 heteroatoms. The Morgan fingerprint density at radius 1 is 1.27 bits per heavy atom. The van der Waals surface area contributed by atoms with Gasteiger partial charge in [-0.3, -0.25) is 0 Å². The number of rotatable bonds is 4. The molecule has 0 radical (unpaired) electrons. The first kappa shape index (κ1) is 14.2. The van der Waals surface area contributed by atoms with Crippen molar-refractivity contribution in [3.63, 3.8) is 0 Å². The molecule has 0 aromatic heterocycles. The van der Waals surface area contributed by atoms with Crippen LogP contribution in [0.2, 0.25) is 0 Å². The van der Waals surface area contributed by atoms with Crippen LogP contribution in [0.25, 0.3) is 0 Å². The number of alkyl halides is 5. The Kier molecular flexibility index (Phi) is 4.54. The molecule has 0 aliphatic heterocycles. The van der Waals surface area contributed by atoms with Gasteiger partial charge in [-0.2, -0.15) is 26.7 Å². The van der Waals surface area contributed by atoms with E-state index in [0.29, 0.717) is 0 Å². The summed E-state index contributed by atoms with van der Waals surface area (Å²) in [5, 5.41) is 0. The largest absolute Gasteiger partial charge is 0.636 e. The van der Waals surface area contributed by atoms with Crippen molar-refractivity contribution in [1.29, 1.82) is 0 Å². The van der Waals surface area contributed by atoms with E-state index in [1.807, 2.05) is 0 Å². The zero-order valence-electron chi connectivity index (χ0n) is 7.18. The fraction of sp³-hybridized carbons (Fsp3) is 0.800. The molecule has 0 heterocycles. The van der Waals surface area contributed by atoms with E-state index < -0.39 is 32.4 Å². The molecule has 88 valence electrons. The molecule has 0 spiro atoms. The SMILES string of the molecule is COC(=O)[P+](=O)OCC(F)(F)C(F)(F)F. The number of halogens is 5. The lowest BCUT2D eigenvalue weighted by Crippen LogP contribution is -2.40. The second kappa shape index (κ2) is 4.80. The summed E-state index contributed by atoms with van der Waals surface area (Å²) in [7, 11) is -2.57. The molecule has 0 aliphatic carbocycles. The van der Waals surface area contributed by atoms with Gasteiger partial charge < -0.3 is 4.74 Å². The molecule has 1 unspecified atom stereocenters. The molecule has 0 bridgehead atoms. The highest BCUT2D eigenvalue weighted by atomic mass is 31.1. The summed E-state index contributed by atoms with van der Waals surface area (Å²) in [5.74, 6) is -5.16. The lowest BCUT2D eigenvalue weighted by atomic mass is 10.3. The van der Waals surface area contributed by atoms with Crippen LogP contribution in [0.4, 0.5) is 26.7 Å². The maximum Gasteiger partial charge on any atom is 0.636 e. The number of hydrogen-bond donors (Lipinski definition) is 0. The van der Waals surface area contributed by atoms with E-state index in [0.717, 1.165) is 7.11 Å². The Bertz CT molecular complexity index is 263. The second-order valence-electron chi connectivity index (χ2n) is 2.20. The van der Waals surface area contributed by atoms with E-state index in [4.69, 9.17) is 0 Å². The average Bonchev–Trinajstić information content (AvgIpc) is 2.11. The predicted molar refractivity (Wildman–Crippen MR) is 37.0 cm³/mol. The number of hydrogen-bond acceptors (Lipinski definition) is 4. The van der Waals surface area contributed by atoms with Crippen molar-refractivity contribution in [3.8, 4) is 0 Å². The number of carbonyl (C=O) groups excluding carboxylic acids is 1. The van der Waals surface area contributed by atoms with Gasteiger partial charge in [0.05, 0.1) is 7.11 Å². The van der Waals surface area contributed by atoms with E-state index in [2.05, 4.69) is 9.26 Å². The zero-order valence-corrected chi connectivity index (χ0v) is 8.07. The molecule has 0 amide bonds. The van der Waals surface area contributed by atoms with Gasteiger partial charge in [0.2, 0.25) is 0 Å². The fourth-order valence-electron chi connectivity index (χ4n) is 0.349. The summed E-state index contributed by atoms with van der Waals surface area (Å²) in [5.41, 5.74) is -1.51. The third-order valence-electron chi connectivity index (χ3n) is 1.10. The number of ether oxygens (including phenoxy) is 1. The van der Waals surface area contributed by atoms with Gasteiger partial charge in [0, 0.05) is 0 Å². The van der Waals surface area contributed by atoms with E-state index in [1.165, 1.54) is 0 Å². The van der Waals surface area contributed by atoms with Gasteiger partial charge in [-0.25, -0.2) is 0 Å². The highest BCUT2D eigenvalue weighted by Gasteiger charge is 2.59. The summed E-state index contributed by atoms with van der Waals surface area (Å²) in [6, 6.07) is 0. The monoisotopic (exact) mass is 255 g/mol. The van der Waals surface area contributed by atoms with E-state index in [9.17, 15) is 31.3 Å². The lowest BCUT2D eigenvalue weighted by Gasteiger charge is -2.15. The molecule has 0 saturated carbocycles. The molecule has 1 atom stereocenters. The molecule has 0 saturated heterocycles. The lowest BCUT2D eigenvalue weighted by molar-refractivity contribution is -0.289. The first-order chi connectivity index (χ1) is 6.62. The van der Waals surface area contributed by atoms with Gasteiger partial charge in [-0.05, 0) is 4.57 Å². The quantitative estimate of drug-likeness (QED) is 0.572. The molecule has 0 rings (SSSR count). The molecular formula is C5H5F5O4P+. The molecule has 0 aromatic rings. The smallest absolute Gasteiger partial charge is 0.429 e. The highest BCUT2D eigenvalue weighted by Crippen LogP contribution is 2.38. The minimum absolute atomic E-state index is 0.779.